The van der Waals surface area contributed by atoms with Gasteiger partial charge in [0.25, 0.3) is 0 Å². The summed E-state index contributed by atoms with van der Waals surface area (Å²) in [5.74, 6) is 0.203. The fraction of sp³-hybridized carbons (Fsp3) is 0.577. The number of hydrogen-bond donors (Lipinski definition) is 3. The number of morpholine rings is 1. The predicted molar refractivity (Wildman–Crippen MR) is 141 cm³/mol. The second-order valence-electron chi connectivity index (χ2n) is 10.9. The smallest absolute Gasteiger partial charge is 0.415 e. The number of nitrogens with zero attached hydrogens (tertiary/aromatic N) is 3. The van der Waals surface area contributed by atoms with Crippen LogP contribution in [0.25, 0.3) is 0 Å². The van der Waals surface area contributed by atoms with E-state index >= 15 is 0 Å². The average molecular weight is 583 g/mol. The maximum Gasteiger partial charge on any atom is 0.415 e. The first-order valence-electron chi connectivity index (χ1n) is 13.3. The Morgan fingerprint density at radius 3 is 2.60 bits per heavy atom. The Balaban J connectivity index is 1.24. The van der Waals surface area contributed by atoms with Crippen LogP contribution in [-0.2, 0) is 20.4 Å². The maximum absolute atomic E-state index is 13.6. The molecule has 6 rings (SSSR count). The second kappa shape index (κ2) is 9.72. The van der Waals surface area contributed by atoms with Crippen LogP contribution >= 0.6 is 0 Å². The fourth-order valence-corrected chi connectivity index (χ4v) is 8.06. The number of alkyl halides is 3. The number of sulfonamides is 1. The van der Waals surface area contributed by atoms with Crippen molar-refractivity contribution in [3.8, 4) is 5.75 Å². The molecule has 1 aromatic carbocycles. The monoisotopic (exact) mass is 582 g/mol. The molecule has 3 saturated heterocycles. The van der Waals surface area contributed by atoms with Crippen molar-refractivity contribution in [1.82, 2.24) is 19.8 Å². The van der Waals surface area contributed by atoms with Gasteiger partial charge in [0.05, 0.1) is 36.8 Å². The van der Waals surface area contributed by atoms with E-state index in [1.54, 1.807) is 0 Å². The Labute approximate surface area is 231 Å². The van der Waals surface area contributed by atoms with E-state index in [9.17, 15) is 21.6 Å². The van der Waals surface area contributed by atoms with E-state index in [-0.39, 0.29) is 27.8 Å². The summed E-state index contributed by atoms with van der Waals surface area (Å²) in [6.45, 7) is 1.98. The van der Waals surface area contributed by atoms with Gasteiger partial charge in [-0.1, -0.05) is 0 Å². The second-order valence-corrected chi connectivity index (χ2v) is 12.8. The van der Waals surface area contributed by atoms with Crippen molar-refractivity contribution in [2.24, 2.45) is 10.7 Å². The number of amidine groups is 1. The minimum atomic E-state index is -4.54. The van der Waals surface area contributed by atoms with Crippen molar-refractivity contribution < 1.29 is 31.1 Å². The van der Waals surface area contributed by atoms with Crippen LogP contribution in [0.4, 0.5) is 13.2 Å². The molecule has 0 saturated carbocycles. The highest BCUT2D eigenvalue weighted by molar-refractivity contribution is 7.89. The maximum atomic E-state index is 13.6. The van der Waals surface area contributed by atoms with Gasteiger partial charge >= 0.3 is 6.18 Å². The van der Waals surface area contributed by atoms with Gasteiger partial charge in [0.15, 0.2) is 0 Å². The number of rotatable bonds is 6. The summed E-state index contributed by atoms with van der Waals surface area (Å²) >= 11 is 0. The number of aliphatic imine (C=N–C) groups is 1. The van der Waals surface area contributed by atoms with E-state index in [1.807, 2.05) is 0 Å². The van der Waals surface area contributed by atoms with Crippen molar-refractivity contribution in [2.45, 2.75) is 54.2 Å². The number of hydrogen-bond acceptors (Lipinski definition) is 9. The standard InChI is InChI=1S/C26H33F3N6O4S/c1-31-21-11-25(30,33-24-23(21)20(12-32-24)26(27,28)29)19-4-3-18(10-22(19)38-2)40(36,37)34-7-5-15(6-8-34)35-13-17-9-16(35)14-39-17/h3-4,10-11,15-17,31H,5-9,12-14,30H2,1-2H3,(H,32,33)/t16-,17-,25?/m0/s1. The Morgan fingerprint density at radius 1 is 1.25 bits per heavy atom. The summed E-state index contributed by atoms with van der Waals surface area (Å²) < 4.78 is 80.7. The van der Waals surface area contributed by atoms with E-state index in [1.165, 1.54) is 42.7 Å². The number of nitrogens with one attached hydrogen (secondary N) is 2. The summed E-state index contributed by atoms with van der Waals surface area (Å²) in [5.41, 5.74) is 4.85. The Hall–Kier alpha value is -2.65. The van der Waals surface area contributed by atoms with E-state index in [4.69, 9.17) is 15.2 Å². The minimum Gasteiger partial charge on any atom is -0.496 e. The third-order valence-electron chi connectivity index (χ3n) is 8.60. The molecule has 10 nitrogen and oxygen atoms in total. The third kappa shape index (κ3) is 4.49. The molecule has 0 amide bonds. The van der Waals surface area contributed by atoms with E-state index in [0.717, 1.165) is 32.4 Å². The van der Waals surface area contributed by atoms with Crippen LogP contribution in [0.2, 0.25) is 0 Å². The third-order valence-corrected chi connectivity index (χ3v) is 10.5. The number of piperidine rings is 1. The van der Waals surface area contributed by atoms with E-state index in [0.29, 0.717) is 36.8 Å². The SMILES string of the molecule is CNC1=CC(N)(c2ccc(S(=O)(=O)N3CCC(N4C[C@@H]5C[C@H]4CO5)CC3)cc2OC)NC2=NCC(C(F)(F)F)=C12. The molecular weight excluding hydrogens is 549 g/mol. The summed E-state index contributed by atoms with van der Waals surface area (Å²) in [7, 11) is -0.909. The molecule has 4 N–H and O–H groups in total. The Kier molecular flexibility index (Phi) is 6.69. The normalized spacial score (nSPS) is 29.8. The first-order valence-corrected chi connectivity index (χ1v) is 14.8. The van der Waals surface area contributed by atoms with Crippen LogP contribution in [0.5, 0.6) is 5.75 Å². The molecule has 1 aromatic rings. The molecule has 5 heterocycles. The van der Waals surface area contributed by atoms with Gasteiger partial charge in [-0.25, -0.2) is 8.42 Å². The number of likely N-dealkylation sites (N-methyl/N-ethyl adjacent to an activating group) is 1. The zero-order valence-electron chi connectivity index (χ0n) is 22.3. The number of likely N-dealkylation sites (tertiary alicyclic amines) is 1. The van der Waals surface area contributed by atoms with Gasteiger partial charge in [0.2, 0.25) is 10.0 Å². The molecule has 3 fully saturated rings. The van der Waals surface area contributed by atoms with Crippen LogP contribution in [0, 0.1) is 0 Å². The molecule has 218 valence electrons. The zero-order chi connectivity index (χ0) is 28.4. The average Bonchev–Trinajstić information content (AvgIpc) is 3.68. The van der Waals surface area contributed by atoms with Crippen LogP contribution < -0.4 is 21.1 Å². The van der Waals surface area contributed by atoms with Crippen LogP contribution in [0.15, 0.2) is 51.0 Å². The molecule has 40 heavy (non-hydrogen) atoms. The van der Waals surface area contributed by atoms with Gasteiger partial charge in [-0.15, -0.1) is 0 Å². The lowest BCUT2D eigenvalue weighted by Crippen LogP contribution is -2.55. The van der Waals surface area contributed by atoms with Crippen molar-refractivity contribution in [3.63, 3.8) is 0 Å². The molecule has 3 atom stereocenters. The van der Waals surface area contributed by atoms with Crippen LogP contribution in [0.1, 0.15) is 24.8 Å². The Morgan fingerprint density at radius 2 is 2.00 bits per heavy atom. The largest absolute Gasteiger partial charge is 0.496 e. The number of halogens is 3. The molecular formula is C26H33F3N6O4S. The number of ether oxygens (including phenoxy) is 2. The van der Waals surface area contributed by atoms with Crippen molar-refractivity contribution in [1.29, 1.82) is 0 Å². The van der Waals surface area contributed by atoms with Crippen LogP contribution in [-0.4, -0.2) is 94.8 Å². The molecule has 5 aliphatic rings. The summed E-state index contributed by atoms with van der Waals surface area (Å²) in [6.07, 6.45) is -0.243. The number of benzene rings is 1. The molecule has 0 aliphatic carbocycles. The van der Waals surface area contributed by atoms with Gasteiger partial charge in [0, 0.05) is 61.7 Å². The molecule has 0 radical (unpaired) electrons. The topological polar surface area (TPSA) is 122 Å². The zero-order valence-corrected chi connectivity index (χ0v) is 23.1. The highest BCUT2D eigenvalue weighted by atomic mass is 32.2. The Bertz CT molecular complexity index is 1400. The number of methoxy groups -OCH3 is 1. The quantitative estimate of drug-likeness (QED) is 0.461. The van der Waals surface area contributed by atoms with Gasteiger partial charge < -0.3 is 25.8 Å². The molecule has 0 aromatic heterocycles. The van der Waals surface area contributed by atoms with Gasteiger partial charge in [-0.05, 0) is 37.5 Å². The van der Waals surface area contributed by atoms with Gasteiger partial charge in [0.1, 0.15) is 17.2 Å². The highest BCUT2D eigenvalue weighted by Gasteiger charge is 2.46. The predicted octanol–water partition coefficient (Wildman–Crippen LogP) is 1.41. The molecule has 14 heteroatoms. The number of fused-ring (bicyclic) bond motifs is 3. The first kappa shape index (κ1) is 27.5. The summed E-state index contributed by atoms with van der Waals surface area (Å²) in [6, 6.07) is 5.19. The lowest BCUT2D eigenvalue weighted by molar-refractivity contribution is -0.0922. The summed E-state index contributed by atoms with van der Waals surface area (Å²) in [5, 5.41) is 5.71. The molecule has 0 spiro atoms. The molecule has 5 aliphatic heterocycles. The van der Waals surface area contributed by atoms with Gasteiger partial charge in [-0.2, -0.15) is 17.5 Å². The first-order chi connectivity index (χ1) is 18.9. The van der Waals surface area contributed by atoms with E-state index < -0.39 is 34.0 Å². The van der Waals surface area contributed by atoms with Crippen LogP contribution in [0.3, 0.4) is 0 Å². The fourth-order valence-electron chi connectivity index (χ4n) is 6.57. The van der Waals surface area contributed by atoms with Crippen molar-refractivity contribution >= 4 is 15.9 Å². The van der Waals surface area contributed by atoms with Crippen molar-refractivity contribution in [3.05, 3.63) is 46.7 Å². The lowest BCUT2D eigenvalue weighted by atomic mass is 9.90. The van der Waals surface area contributed by atoms with E-state index in [2.05, 4.69) is 20.5 Å². The lowest BCUT2D eigenvalue weighted by Gasteiger charge is -2.40. The highest BCUT2D eigenvalue weighted by Crippen LogP contribution is 2.40. The van der Waals surface area contributed by atoms with Crippen molar-refractivity contribution in [2.75, 3.05) is 46.9 Å². The minimum absolute atomic E-state index is 0.0149. The van der Waals surface area contributed by atoms with Gasteiger partial charge in [-0.3, -0.25) is 9.89 Å². The molecule has 2 bridgehead atoms. The number of nitrogens with two attached hydrogens (primary N) is 1. The summed E-state index contributed by atoms with van der Waals surface area (Å²) in [4.78, 5) is 6.59. The molecule has 1 unspecified atom stereocenters.